The molecule has 1 aromatic carbocycles. The Labute approximate surface area is 181 Å². The molecular weight excluding hydrogens is 402 g/mol. The maximum atomic E-state index is 13.0. The average molecular weight is 432 g/mol. The number of thioether (sulfide) groups is 1. The molecule has 1 heterocycles. The molecule has 1 amide bonds. The monoisotopic (exact) mass is 431 g/mol. The second-order valence-corrected chi connectivity index (χ2v) is 9.18. The Balaban J connectivity index is 1.65. The zero-order chi connectivity index (χ0) is 21.7. The molecule has 162 valence electrons. The summed E-state index contributed by atoms with van der Waals surface area (Å²) in [6.07, 6.45) is 3.03. The Morgan fingerprint density at radius 2 is 2.07 bits per heavy atom. The van der Waals surface area contributed by atoms with Crippen molar-refractivity contribution >= 4 is 29.3 Å². The van der Waals surface area contributed by atoms with Crippen molar-refractivity contribution in [3.63, 3.8) is 0 Å². The molecule has 1 N–H and O–H groups in total. The molecule has 1 fully saturated rings. The van der Waals surface area contributed by atoms with Gasteiger partial charge in [0.15, 0.2) is 0 Å². The van der Waals surface area contributed by atoms with Crippen molar-refractivity contribution in [3.8, 4) is 0 Å². The van der Waals surface area contributed by atoms with Gasteiger partial charge in [-0.3, -0.25) is 4.79 Å². The SMILES string of the molecule is CC(C)[C@H]1CC[C@@H](C)C[C@H]1OC(=O)c1ccccc1NC(=O)CSc1nnnn1C. The van der Waals surface area contributed by atoms with Crippen molar-refractivity contribution in [2.75, 3.05) is 11.1 Å². The summed E-state index contributed by atoms with van der Waals surface area (Å²) < 4.78 is 7.45. The van der Waals surface area contributed by atoms with Gasteiger partial charge in [0.25, 0.3) is 0 Å². The fourth-order valence-electron chi connectivity index (χ4n) is 3.88. The lowest BCUT2D eigenvalue weighted by Gasteiger charge is -2.36. The van der Waals surface area contributed by atoms with Crippen LogP contribution in [0, 0.1) is 17.8 Å². The molecule has 0 aliphatic heterocycles. The third-order valence-corrected chi connectivity index (χ3v) is 6.57. The van der Waals surface area contributed by atoms with Crippen molar-refractivity contribution in [2.45, 2.75) is 51.3 Å². The summed E-state index contributed by atoms with van der Waals surface area (Å²) in [5.41, 5.74) is 0.825. The van der Waals surface area contributed by atoms with Crippen LogP contribution in [0.15, 0.2) is 29.4 Å². The lowest BCUT2D eigenvalue weighted by atomic mass is 9.75. The molecule has 3 rings (SSSR count). The van der Waals surface area contributed by atoms with E-state index in [1.54, 1.807) is 31.3 Å². The zero-order valence-electron chi connectivity index (χ0n) is 17.9. The zero-order valence-corrected chi connectivity index (χ0v) is 18.7. The van der Waals surface area contributed by atoms with Gasteiger partial charge in [0.05, 0.1) is 17.0 Å². The predicted octanol–water partition coefficient (Wildman–Crippen LogP) is 3.56. The number of rotatable bonds is 7. The highest BCUT2D eigenvalue weighted by Gasteiger charge is 2.34. The molecule has 0 saturated heterocycles. The van der Waals surface area contributed by atoms with Gasteiger partial charge < -0.3 is 10.1 Å². The van der Waals surface area contributed by atoms with Crippen LogP contribution in [0.5, 0.6) is 0 Å². The van der Waals surface area contributed by atoms with Gasteiger partial charge in [-0.05, 0) is 53.2 Å². The molecule has 1 saturated carbocycles. The summed E-state index contributed by atoms with van der Waals surface area (Å²) in [4.78, 5) is 25.4. The Hall–Kier alpha value is -2.42. The van der Waals surface area contributed by atoms with Crippen LogP contribution in [0.4, 0.5) is 5.69 Å². The van der Waals surface area contributed by atoms with E-state index in [1.807, 2.05) is 0 Å². The van der Waals surface area contributed by atoms with E-state index in [0.29, 0.717) is 34.2 Å². The first-order valence-corrected chi connectivity index (χ1v) is 11.3. The van der Waals surface area contributed by atoms with Gasteiger partial charge in [-0.25, -0.2) is 9.48 Å². The minimum absolute atomic E-state index is 0.0935. The topological polar surface area (TPSA) is 99.0 Å². The van der Waals surface area contributed by atoms with Crippen molar-refractivity contribution in [1.82, 2.24) is 20.2 Å². The van der Waals surface area contributed by atoms with Gasteiger partial charge >= 0.3 is 5.97 Å². The third kappa shape index (κ3) is 5.59. The van der Waals surface area contributed by atoms with E-state index in [-0.39, 0.29) is 23.7 Å². The molecule has 2 aromatic rings. The van der Waals surface area contributed by atoms with Crippen LogP contribution >= 0.6 is 11.8 Å². The van der Waals surface area contributed by atoms with Gasteiger partial charge in [-0.2, -0.15) is 0 Å². The minimum atomic E-state index is -0.388. The molecule has 1 aliphatic rings. The van der Waals surface area contributed by atoms with E-state index >= 15 is 0 Å². The number of esters is 1. The highest BCUT2D eigenvalue weighted by Crippen LogP contribution is 2.36. The van der Waals surface area contributed by atoms with Crippen LogP contribution < -0.4 is 5.32 Å². The summed E-state index contributed by atoms with van der Waals surface area (Å²) >= 11 is 1.23. The number of carbonyl (C=O) groups is 2. The fourth-order valence-corrected chi connectivity index (χ4v) is 4.53. The molecule has 8 nitrogen and oxygen atoms in total. The number of amides is 1. The molecule has 3 atom stereocenters. The number of carbonyl (C=O) groups excluding carboxylic acids is 2. The third-order valence-electron chi connectivity index (χ3n) is 5.55. The number of anilines is 1. The molecule has 0 radical (unpaired) electrons. The predicted molar refractivity (Wildman–Crippen MR) is 115 cm³/mol. The maximum absolute atomic E-state index is 13.0. The van der Waals surface area contributed by atoms with Gasteiger partial charge in [0.2, 0.25) is 11.1 Å². The first-order chi connectivity index (χ1) is 14.3. The molecule has 1 aliphatic carbocycles. The van der Waals surface area contributed by atoms with E-state index in [2.05, 4.69) is 41.6 Å². The van der Waals surface area contributed by atoms with Crippen LogP contribution in [-0.2, 0) is 16.6 Å². The number of hydrogen-bond acceptors (Lipinski definition) is 7. The van der Waals surface area contributed by atoms with Crippen LogP contribution in [0.3, 0.4) is 0 Å². The Morgan fingerprint density at radius 3 is 2.77 bits per heavy atom. The van der Waals surface area contributed by atoms with Crippen LogP contribution in [0.1, 0.15) is 50.4 Å². The molecule has 1 aromatic heterocycles. The van der Waals surface area contributed by atoms with Gasteiger partial charge in [0, 0.05) is 7.05 Å². The van der Waals surface area contributed by atoms with Gasteiger partial charge in [-0.15, -0.1) is 5.10 Å². The van der Waals surface area contributed by atoms with Crippen molar-refractivity contribution < 1.29 is 14.3 Å². The Morgan fingerprint density at radius 1 is 1.30 bits per heavy atom. The molecule has 9 heteroatoms. The number of aryl methyl sites for hydroxylation is 1. The van der Waals surface area contributed by atoms with E-state index in [4.69, 9.17) is 4.74 Å². The van der Waals surface area contributed by atoms with E-state index in [1.165, 1.54) is 22.9 Å². The maximum Gasteiger partial charge on any atom is 0.340 e. The molecule has 0 unspecified atom stereocenters. The summed E-state index contributed by atoms with van der Waals surface area (Å²) in [5.74, 6) is 0.864. The van der Waals surface area contributed by atoms with Crippen LogP contribution in [-0.4, -0.2) is 43.9 Å². The highest BCUT2D eigenvalue weighted by molar-refractivity contribution is 7.99. The minimum Gasteiger partial charge on any atom is -0.458 e. The van der Waals surface area contributed by atoms with Crippen molar-refractivity contribution in [2.24, 2.45) is 24.8 Å². The standard InChI is InChI=1S/C21H29N5O3S/c1-13(2)15-10-9-14(3)11-18(15)29-20(28)16-7-5-6-8-17(16)22-19(27)12-30-21-23-24-25-26(21)4/h5-8,13-15,18H,9-12H2,1-4H3,(H,22,27)/t14-,15-,18-/m1/s1. The fraction of sp³-hybridized carbons (Fsp3) is 0.571. The van der Waals surface area contributed by atoms with Gasteiger partial charge in [-0.1, -0.05) is 51.1 Å². The van der Waals surface area contributed by atoms with E-state index in [9.17, 15) is 9.59 Å². The van der Waals surface area contributed by atoms with E-state index < -0.39 is 0 Å². The normalized spacial score (nSPS) is 21.4. The average Bonchev–Trinajstić information content (AvgIpc) is 3.11. The number of ether oxygens (including phenoxy) is 1. The molecule has 0 bridgehead atoms. The van der Waals surface area contributed by atoms with Crippen molar-refractivity contribution in [3.05, 3.63) is 29.8 Å². The Kier molecular flexibility index (Phi) is 7.47. The first-order valence-electron chi connectivity index (χ1n) is 10.3. The number of aromatic nitrogens is 4. The summed E-state index contributed by atoms with van der Waals surface area (Å²) in [6.45, 7) is 6.57. The number of nitrogens with zero attached hydrogens (tertiary/aromatic N) is 4. The summed E-state index contributed by atoms with van der Waals surface area (Å²) in [6, 6.07) is 6.96. The van der Waals surface area contributed by atoms with Crippen LogP contribution in [0.2, 0.25) is 0 Å². The summed E-state index contributed by atoms with van der Waals surface area (Å²) in [7, 11) is 1.71. The first kappa shape index (κ1) is 22.3. The van der Waals surface area contributed by atoms with Gasteiger partial charge in [0.1, 0.15) is 6.10 Å². The number of nitrogens with one attached hydrogen (secondary N) is 1. The second kappa shape index (κ2) is 10.1. The lowest BCUT2D eigenvalue weighted by molar-refractivity contribution is -0.113. The number of para-hydroxylation sites is 1. The lowest BCUT2D eigenvalue weighted by Crippen LogP contribution is -2.36. The van der Waals surface area contributed by atoms with Crippen molar-refractivity contribution in [1.29, 1.82) is 0 Å². The number of benzene rings is 1. The molecule has 30 heavy (non-hydrogen) atoms. The largest absolute Gasteiger partial charge is 0.458 e. The smallest absolute Gasteiger partial charge is 0.340 e. The van der Waals surface area contributed by atoms with E-state index in [0.717, 1.165) is 12.8 Å². The molecule has 0 spiro atoms. The number of hydrogen-bond donors (Lipinski definition) is 1. The highest BCUT2D eigenvalue weighted by atomic mass is 32.2. The number of tetrazole rings is 1. The quantitative estimate of drug-likeness (QED) is 0.528. The second-order valence-electron chi connectivity index (χ2n) is 8.24. The summed E-state index contributed by atoms with van der Waals surface area (Å²) in [5, 5.41) is 14.5. The van der Waals surface area contributed by atoms with Crippen LogP contribution in [0.25, 0.3) is 0 Å². The molecular formula is C21H29N5O3S. The Bertz CT molecular complexity index is 885.